The van der Waals surface area contributed by atoms with Gasteiger partial charge in [-0.05, 0) is 37.0 Å². The highest BCUT2D eigenvalue weighted by molar-refractivity contribution is 5.85. The van der Waals surface area contributed by atoms with Crippen LogP contribution in [0.3, 0.4) is 0 Å². The molecule has 0 amide bonds. The highest BCUT2D eigenvalue weighted by Crippen LogP contribution is 2.27. The number of Topliss-reactive ketones (excluding diaryl/α,β-unsaturated/α-hetero) is 1. The normalized spacial score (nSPS) is 15.4. The quantitative estimate of drug-likeness (QED) is 0.512. The standard InChI is InChI=1S/C24H36N2O2/c1-3-4-5-6-7-8-15-26-18-19(17-25-20-9-11-21(27)12-10-20)23-14-13-22(28-2)16-24(23)26/h13-14,16,18,20,25H,3-12,15,17H2,1-2H3. The Labute approximate surface area is 169 Å². The molecule has 1 aliphatic carbocycles. The molecular weight excluding hydrogens is 348 g/mol. The number of ether oxygens (including phenoxy) is 1. The third-order valence-electron chi connectivity index (χ3n) is 6.05. The molecule has 28 heavy (non-hydrogen) atoms. The molecule has 4 nitrogen and oxygen atoms in total. The molecule has 4 heteroatoms. The SMILES string of the molecule is CCCCCCCCn1cc(CNC2CCC(=O)CC2)c2ccc(OC)cc21. The number of unbranched alkanes of at least 4 members (excludes halogenated alkanes) is 5. The van der Waals surface area contributed by atoms with E-state index in [2.05, 4.69) is 41.2 Å². The molecule has 1 aromatic heterocycles. The molecular formula is C24H36N2O2. The second-order valence-electron chi connectivity index (χ2n) is 8.19. The summed E-state index contributed by atoms with van der Waals surface area (Å²) in [6.45, 7) is 4.19. The van der Waals surface area contributed by atoms with Crippen LogP contribution in [0.2, 0.25) is 0 Å². The number of aryl methyl sites for hydroxylation is 1. The molecule has 1 heterocycles. The molecule has 0 saturated heterocycles. The molecule has 1 saturated carbocycles. The van der Waals surface area contributed by atoms with E-state index in [9.17, 15) is 4.79 Å². The first kappa shape index (κ1) is 20.9. The third kappa shape index (κ3) is 5.60. The van der Waals surface area contributed by atoms with Gasteiger partial charge in [-0.15, -0.1) is 0 Å². The number of carbonyl (C=O) groups is 1. The van der Waals surface area contributed by atoms with E-state index in [1.165, 1.54) is 55.0 Å². The molecule has 0 radical (unpaired) electrons. The summed E-state index contributed by atoms with van der Waals surface area (Å²) in [7, 11) is 1.73. The number of aromatic nitrogens is 1. The lowest BCUT2D eigenvalue weighted by molar-refractivity contribution is -0.120. The van der Waals surface area contributed by atoms with Crippen molar-refractivity contribution in [2.45, 2.75) is 90.3 Å². The Hall–Kier alpha value is -1.81. The molecule has 1 aliphatic rings. The van der Waals surface area contributed by atoms with Gasteiger partial charge < -0.3 is 14.6 Å². The molecule has 0 aliphatic heterocycles. The van der Waals surface area contributed by atoms with Crippen LogP contribution >= 0.6 is 0 Å². The summed E-state index contributed by atoms with van der Waals surface area (Å²) in [4.78, 5) is 11.5. The fourth-order valence-electron chi connectivity index (χ4n) is 4.26. The highest BCUT2D eigenvalue weighted by Gasteiger charge is 2.19. The maximum absolute atomic E-state index is 11.5. The van der Waals surface area contributed by atoms with Crippen LogP contribution in [0.25, 0.3) is 10.9 Å². The van der Waals surface area contributed by atoms with Crippen molar-refractivity contribution in [2.75, 3.05) is 7.11 Å². The van der Waals surface area contributed by atoms with E-state index in [1.54, 1.807) is 7.11 Å². The van der Waals surface area contributed by atoms with Gasteiger partial charge in [-0.1, -0.05) is 39.0 Å². The van der Waals surface area contributed by atoms with Crippen molar-refractivity contribution in [1.29, 1.82) is 0 Å². The summed E-state index contributed by atoms with van der Waals surface area (Å²) in [6, 6.07) is 6.87. The lowest BCUT2D eigenvalue weighted by Crippen LogP contribution is -2.32. The Balaban J connectivity index is 1.65. The van der Waals surface area contributed by atoms with Gasteiger partial charge in [0.1, 0.15) is 11.5 Å². The first-order valence-corrected chi connectivity index (χ1v) is 11.1. The average molecular weight is 385 g/mol. The van der Waals surface area contributed by atoms with Crippen LogP contribution in [0.5, 0.6) is 5.75 Å². The Bertz CT molecular complexity index is 755. The Morgan fingerprint density at radius 2 is 1.86 bits per heavy atom. The zero-order valence-corrected chi connectivity index (χ0v) is 17.6. The number of nitrogens with one attached hydrogen (secondary N) is 1. The minimum Gasteiger partial charge on any atom is -0.497 e. The van der Waals surface area contributed by atoms with E-state index in [-0.39, 0.29) is 0 Å². The van der Waals surface area contributed by atoms with Gasteiger partial charge in [-0.25, -0.2) is 0 Å². The van der Waals surface area contributed by atoms with Crippen LogP contribution < -0.4 is 10.1 Å². The van der Waals surface area contributed by atoms with Crippen molar-refractivity contribution >= 4 is 16.7 Å². The second kappa shape index (κ2) is 10.7. The van der Waals surface area contributed by atoms with Crippen LogP contribution in [0.4, 0.5) is 0 Å². The van der Waals surface area contributed by atoms with Gasteiger partial charge in [0, 0.05) is 49.6 Å². The number of rotatable bonds is 11. The summed E-state index contributed by atoms with van der Waals surface area (Å²) < 4.78 is 7.86. The zero-order valence-electron chi connectivity index (χ0n) is 17.6. The monoisotopic (exact) mass is 384 g/mol. The number of hydrogen-bond acceptors (Lipinski definition) is 3. The third-order valence-corrected chi connectivity index (χ3v) is 6.05. The molecule has 1 aromatic carbocycles. The largest absolute Gasteiger partial charge is 0.497 e. The van der Waals surface area contributed by atoms with E-state index in [4.69, 9.17) is 4.74 Å². The Morgan fingerprint density at radius 3 is 2.61 bits per heavy atom. The van der Waals surface area contributed by atoms with Crippen LogP contribution in [0, 0.1) is 0 Å². The van der Waals surface area contributed by atoms with Crippen molar-refractivity contribution in [2.24, 2.45) is 0 Å². The van der Waals surface area contributed by atoms with Gasteiger partial charge in [0.2, 0.25) is 0 Å². The number of hydrogen-bond donors (Lipinski definition) is 1. The van der Waals surface area contributed by atoms with Gasteiger partial charge in [-0.3, -0.25) is 4.79 Å². The summed E-state index contributed by atoms with van der Waals surface area (Å²) >= 11 is 0. The van der Waals surface area contributed by atoms with E-state index in [1.807, 2.05) is 0 Å². The maximum Gasteiger partial charge on any atom is 0.133 e. The van der Waals surface area contributed by atoms with E-state index in [0.29, 0.717) is 11.8 Å². The number of carbonyl (C=O) groups excluding carboxylic acids is 1. The predicted molar refractivity (Wildman–Crippen MR) is 116 cm³/mol. The van der Waals surface area contributed by atoms with Crippen molar-refractivity contribution in [3.8, 4) is 5.75 Å². The smallest absolute Gasteiger partial charge is 0.133 e. The Kier molecular flexibility index (Phi) is 7.96. The fraction of sp³-hybridized carbons (Fsp3) is 0.625. The van der Waals surface area contributed by atoms with Crippen LogP contribution in [-0.2, 0) is 17.9 Å². The molecule has 0 bridgehead atoms. The van der Waals surface area contributed by atoms with Gasteiger partial charge in [-0.2, -0.15) is 0 Å². The Morgan fingerprint density at radius 1 is 1.11 bits per heavy atom. The van der Waals surface area contributed by atoms with Crippen LogP contribution in [-0.4, -0.2) is 23.5 Å². The predicted octanol–water partition coefficient (Wildman–Crippen LogP) is 5.61. The molecule has 1 N–H and O–H groups in total. The van der Waals surface area contributed by atoms with Crippen LogP contribution in [0.15, 0.2) is 24.4 Å². The lowest BCUT2D eigenvalue weighted by atomic mass is 9.94. The van der Waals surface area contributed by atoms with Crippen molar-refractivity contribution in [3.63, 3.8) is 0 Å². The van der Waals surface area contributed by atoms with E-state index >= 15 is 0 Å². The topological polar surface area (TPSA) is 43.3 Å². The minimum atomic E-state index is 0.417. The number of benzene rings is 1. The summed E-state index contributed by atoms with van der Waals surface area (Å²) in [6.07, 6.45) is 13.6. The number of nitrogens with zero attached hydrogens (tertiary/aromatic N) is 1. The fourth-order valence-corrected chi connectivity index (χ4v) is 4.26. The zero-order chi connectivity index (χ0) is 19.8. The summed E-state index contributed by atoms with van der Waals surface area (Å²) in [5.74, 6) is 1.33. The minimum absolute atomic E-state index is 0.417. The highest BCUT2D eigenvalue weighted by atomic mass is 16.5. The molecule has 3 rings (SSSR count). The first-order chi connectivity index (χ1) is 13.7. The molecule has 0 spiro atoms. The average Bonchev–Trinajstić information content (AvgIpc) is 3.07. The molecule has 2 aromatic rings. The second-order valence-corrected chi connectivity index (χ2v) is 8.19. The number of methoxy groups -OCH3 is 1. The van der Waals surface area contributed by atoms with Gasteiger partial charge in [0.05, 0.1) is 12.6 Å². The van der Waals surface area contributed by atoms with Gasteiger partial charge >= 0.3 is 0 Å². The lowest BCUT2D eigenvalue weighted by Gasteiger charge is -2.22. The van der Waals surface area contributed by atoms with Crippen molar-refractivity contribution < 1.29 is 9.53 Å². The van der Waals surface area contributed by atoms with Crippen LogP contribution in [0.1, 0.15) is 76.7 Å². The molecule has 0 unspecified atom stereocenters. The van der Waals surface area contributed by atoms with Gasteiger partial charge in [0.25, 0.3) is 0 Å². The molecule has 154 valence electrons. The summed E-state index contributed by atoms with van der Waals surface area (Å²) in [5.41, 5.74) is 2.61. The van der Waals surface area contributed by atoms with E-state index in [0.717, 1.165) is 44.5 Å². The van der Waals surface area contributed by atoms with Crippen molar-refractivity contribution in [1.82, 2.24) is 9.88 Å². The first-order valence-electron chi connectivity index (χ1n) is 11.1. The molecule has 0 atom stereocenters. The summed E-state index contributed by atoms with van der Waals surface area (Å²) in [5, 5.41) is 5.00. The van der Waals surface area contributed by atoms with Crippen molar-refractivity contribution in [3.05, 3.63) is 30.0 Å². The maximum atomic E-state index is 11.5. The number of fused-ring (bicyclic) bond motifs is 1. The van der Waals surface area contributed by atoms with E-state index < -0.39 is 0 Å². The molecule has 1 fully saturated rings. The van der Waals surface area contributed by atoms with Gasteiger partial charge in [0.15, 0.2) is 0 Å². The number of ketones is 1.